The van der Waals surface area contributed by atoms with Crippen LogP contribution in [0.1, 0.15) is 23.2 Å². The minimum atomic E-state index is -0.326. The molecule has 1 aromatic carbocycles. The summed E-state index contributed by atoms with van der Waals surface area (Å²) >= 11 is 3.42. The van der Waals surface area contributed by atoms with E-state index in [1.807, 2.05) is 0 Å². The zero-order chi connectivity index (χ0) is 16.3. The summed E-state index contributed by atoms with van der Waals surface area (Å²) in [7, 11) is 4.53. The van der Waals surface area contributed by atoms with Gasteiger partial charge in [-0.25, -0.2) is 0 Å². The second-order valence-corrected chi connectivity index (χ2v) is 5.82. The first-order valence-corrected chi connectivity index (χ1v) is 7.78. The molecule has 0 spiro atoms. The van der Waals surface area contributed by atoms with Crippen molar-refractivity contribution in [2.24, 2.45) is 0 Å². The summed E-state index contributed by atoms with van der Waals surface area (Å²) in [5, 5.41) is 9.56. The van der Waals surface area contributed by atoms with Crippen molar-refractivity contribution in [3.8, 4) is 17.2 Å². The molecule has 0 radical (unpaired) electrons. The van der Waals surface area contributed by atoms with E-state index in [-0.39, 0.29) is 12.0 Å². The number of likely N-dealkylation sites (tertiary alicyclic amines) is 1. The normalized spacial score (nSPS) is 15.6. The number of carbonyl (C=O) groups is 1. The highest BCUT2D eigenvalue weighted by Crippen LogP contribution is 2.45. The van der Waals surface area contributed by atoms with E-state index < -0.39 is 0 Å². The van der Waals surface area contributed by atoms with Gasteiger partial charge in [-0.3, -0.25) is 4.79 Å². The van der Waals surface area contributed by atoms with E-state index in [0.29, 0.717) is 53.2 Å². The summed E-state index contributed by atoms with van der Waals surface area (Å²) in [6, 6.07) is 1.64. The molecular formula is C15H20BrNO5. The number of rotatable bonds is 4. The molecule has 122 valence electrons. The average Bonchev–Trinajstić information content (AvgIpc) is 2.54. The Morgan fingerprint density at radius 1 is 1.18 bits per heavy atom. The number of methoxy groups -OCH3 is 3. The van der Waals surface area contributed by atoms with E-state index in [9.17, 15) is 9.90 Å². The van der Waals surface area contributed by atoms with Gasteiger partial charge in [-0.05, 0) is 34.8 Å². The van der Waals surface area contributed by atoms with Gasteiger partial charge in [0.05, 0.1) is 37.5 Å². The van der Waals surface area contributed by atoms with Crippen molar-refractivity contribution < 1.29 is 24.1 Å². The summed E-state index contributed by atoms with van der Waals surface area (Å²) in [5.74, 6) is 1.16. The maximum Gasteiger partial charge on any atom is 0.255 e. The van der Waals surface area contributed by atoms with Crippen LogP contribution in [0, 0.1) is 0 Å². The van der Waals surface area contributed by atoms with E-state index in [1.54, 1.807) is 11.0 Å². The number of nitrogens with zero attached hydrogens (tertiary/aromatic N) is 1. The van der Waals surface area contributed by atoms with Crippen LogP contribution in [0.2, 0.25) is 0 Å². The molecule has 1 heterocycles. The standard InChI is InChI=1S/C15H20BrNO5/c1-20-11-8-10(12(16)14(22-3)13(11)21-2)15(19)17-6-4-9(18)5-7-17/h8-9,18H,4-7H2,1-3H3. The molecule has 0 aromatic heterocycles. The molecule has 7 heteroatoms. The van der Waals surface area contributed by atoms with Crippen molar-refractivity contribution in [1.82, 2.24) is 4.90 Å². The van der Waals surface area contributed by atoms with Gasteiger partial charge in [-0.15, -0.1) is 0 Å². The maximum absolute atomic E-state index is 12.7. The van der Waals surface area contributed by atoms with E-state index in [2.05, 4.69) is 15.9 Å². The summed E-state index contributed by atoms with van der Waals surface area (Å²) in [6.45, 7) is 1.06. The smallest absolute Gasteiger partial charge is 0.255 e. The second kappa shape index (κ2) is 7.19. The Kier molecular flexibility index (Phi) is 5.52. The lowest BCUT2D eigenvalue weighted by Gasteiger charge is -2.30. The predicted molar refractivity (Wildman–Crippen MR) is 84.9 cm³/mol. The van der Waals surface area contributed by atoms with Gasteiger partial charge in [-0.2, -0.15) is 0 Å². The molecular weight excluding hydrogens is 354 g/mol. The topological polar surface area (TPSA) is 68.2 Å². The fourth-order valence-electron chi connectivity index (χ4n) is 2.52. The van der Waals surface area contributed by atoms with Crippen LogP contribution in [-0.2, 0) is 0 Å². The van der Waals surface area contributed by atoms with E-state index in [1.165, 1.54) is 21.3 Å². The monoisotopic (exact) mass is 373 g/mol. The zero-order valence-electron chi connectivity index (χ0n) is 12.9. The van der Waals surface area contributed by atoms with Crippen molar-refractivity contribution in [2.75, 3.05) is 34.4 Å². The summed E-state index contributed by atoms with van der Waals surface area (Å²) in [6.07, 6.45) is 0.856. The third-order valence-corrected chi connectivity index (χ3v) is 4.54. The van der Waals surface area contributed by atoms with Crippen molar-refractivity contribution in [1.29, 1.82) is 0 Å². The molecule has 1 saturated heterocycles. The highest BCUT2D eigenvalue weighted by Gasteiger charge is 2.28. The molecule has 1 aromatic rings. The molecule has 0 bridgehead atoms. The minimum absolute atomic E-state index is 0.127. The van der Waals surface area contributed by atoms with Gasteiger partial charge >= 0.3 is 0 Å². The Labute approximate surface area is 138 Å². The third kappa shape index (κ3) is 3.15. The number of aliphatic hydroxyl groups excluding tert-OH is 1. The van der Waals surface area contributed by atoms with Gasteiger partial charge < -0.3 is 24.2 Å². The fourth-order valence-corrected chi connectivity index (χ4v) is 3.14. The summed E-state index contributed by atoms with van der Waals surface area (Å²) in [5.41, 5.74) is 0.450. The van der Waals surface area contributed by atoms with Crippen LogP contribution in [0.5, 0.6) is 17.2 Å². The van der Waals surface area contributed by atoms with Gasteiger partial charge in [0.2, 0.25) is 5.75 Å². The number of ether oxygens (including phenoxy) is 3. The highest BCUT2D eigenvalue weighted by molar-refractivity contribution is 9.10. The third-order valence-electron chi connectivity index (χ3n) is 3.75. The predicted octanol–water partition coefficient (Wildman–Crippen LogP) is 2.07. The van der Waals surface area contributed by atoms with Crippen LogP contribution in [0.25, 0.3) is 0 Å². The first-order valence-electron chi connectivity index (χ1n) is 6.99. The second-order valence-electron chi connectivity index (χ2n) is 5.03. The Morgan fingerprint density at radius 3 is 2.27 bits per heavy atom. The summed E-state index contributed by atoms with van der Waals surface area (Å²) in [4.78, 5) is 14.4. The first kappa shape index (κ1) is 16.9. The van der Waals surface area contributed by atoms with Gasteiger partial charge in [0.15, 0.2) is 11.5 Å². The van der Waals surface area contributed by atoms with Crippen LogP contribution >= 0.6 is 15.9 Å². The lowest BCUT2D eigenvalue weighted by molar-refractivity contribution is 0.0545. The number of carbonyl (C=O) groups excluding carboxylic acids is 1. The van der Waals surface area contributed by atoms with Gasteiger partial charge in [0.1, 0.15) is 0 Å². The quantitative estimate of drug-likeness (QED) is 0.874. The highest BCUT2D eigenvalue weighted by atomic mass is 79.9. The number of hydrogen-bond donors (Lipinski definition) is 1. The number of halogens is 1. The van der Waals surface area contributed by atoms with E-state index in [4.69, 9.17) is 14.2 Å². The van der Waals surface area contributed by atoms with Gasteiger partial charge in [0, 0.05) is 13.1 Å². The largest absolute Gasteiger partial charge is 0.493 e. The molecule has 1 N–H and O–H groups in total. The summed E-state index contributed by atoms with van der Waals surface area (Å²) < 4.78 is 16.5. The fraction of sp³-hybridized carbons (Fsp3) is 0.533. The number of benzene rings is 1. The molecule has 1 amide bonds. The molecule has 0 atom stereocenters. The molecule has 0 aliphatic carbocycles. The van der Waals surface area contributed by atoms with E-state index >= 15 is 0 Å². The number of piperidine rings is 1. The average molecular weight is 374 g/mol. The Bertz CT molecular complexity index is 555. The van der Waals surface area contributed by atoms with Crippen LogP contribution in [0.4, 0.5) is 0 Å². The van der Waals surface area contributed by atoms with Crippen molar-refractivity contribution >= 4 is 21.8 Å². The molecule has 0 saturated carbocycles. The molecule has 22 heavy (non-hydrogen) atoms. The molecule has 1 aliphatic rings. The minimum Gasteiger partial charge on any atom is -0.493 e. The Hall–Kier alpha value is -1.47. The van der Waals surface area contributed by atoms with Crippen LogP contribution < -0.4 is 14.2 Å². The van der Waals surface area contributed by atoms with Crippen molar-refractivity contribution in [3.63, 3.8) is 0 Å². The van der Waals surface area contributed by atoms with Crippen LogP contribution in [0.15, 0.2) is 10.5 Å². The lowest BCUT2D eigenvalue weighted by atomic mass is 10.1. The Balaban J connectivity index is 2.40. The number of amides is 1. The molecule has 1 aliphatic heterocycles. The molecule has 6 nitrogen and oxygen atoms in total. The van der Waals surface area contributed by atoms with Crippen molar-refractivity contribution in [3.05, 3.63) is 16.1 Å². The molecule has 1 fully saturated rings. The number of hydrogen-bond acceptors (Lipinski definition) is 5. The van der Waals surface area contributed by atoms with Gasteiger partial charge in [0.25, 0.3) is 5.91 Å². The zero-order valence-corrected chi connectivity index (χ0v) is 14.5. The number of aliphatic hydroxyl groups is 1. The van der Waals surface area contributed by atoms with Gasteiger partial charge in [-0.1, -0.05) is 0 Å². The van der Waals surface area contributed by atoms with Crippen LogP contribution in [0.3, 0.4) is 0 Å². The first-order chi connectivity index (χ1) is 10.5. The molecule has 0 unspecified atom stereocenters. The van der Waals surface area contributed by atoms with Crippen molar-refractivity contribution in [2.45, 2.75) is 18.9 Å². The van der Waals surface area contributed by atoms with Crippen LogP contribution in [-0.4, -0.2) is 56.4 Å². The lowest BCUT2D eigenvalue weighted by Crippen LogP contribution is -2.40. The maximum atomic E-state index is 12.7. The molecule has 2 rings (SSSR count). The SMILES string of the molecule is COc1cc(C(=O)N2CCC(O)CC2)c(Br)c(OC)c1OC. The van der Waals surface area contributed by atoms with E-state index in [0.717, 1.165) is 0 Å². The Morgan fingerprint density at radius 2 is 1.77 bits per heavy atom.